The van der Waals surface area contributed by atoms with E-state index in [2.05, 4.69) is 0 Å². The van der Waals surface area contributed by atoms with Crippen molar-refractivity contribution in [2.45, 2.75) is 0 Å². The Morgan fingerprint density at radius 2 is 1.00 bits per heavy atom. The van der Waals surface area contributed by atoms with Crippen molar-refractivity contribution in [3.63, 3.8) is 0 Å². The van der Waals surface area contributed by atoms with E-state index in [4.69, 9.17) is 0 Å². The van der Waals surface area contributed by atoms with Gasteiger partial charge in [0.2, 0.25) is 0 Å². The van der Waals surface area contributed by atoms with Gasteiger partial charge in [-0.2, -0.15) is 9.90 Å². The molecule has 1 unspecified atom stereocenters. The predicted molar refractivity (Wildman–Crippen MR) is 32.4 cm³/mol. The molecule has 0 bridgehead atoms. The van der Waals surface area contributed by atoms with Crippen molar-refractivity contribution in [3.8, 4) is 0 Å². The third kappa shape index (κ3) is 21.2. The van der Waals surface area contributed by atoms with Gasteiger partial charge in [-0.05, 0) is 11.0 Å². The molecule has 44 valence electrons. The summed E-state index contributed by atoms with van der Waals surface area (Å²) in [4.78, 5) is 0. The van der Waals surface area contributed by atoms with Crippen molar-refractivity contribution in [2.24, 2.45) is 0 Å². The molecule has 2 radical (unpaired) electrons. The van der Waals surface area contributed by atoms with Crippen LogP contribution in [0.4, 0.5) is 0 Å². The van der Waals surface area contributed by atoms with E-state index in [1.54, 1.807) is 0 Å². The first-order valence-corrected chi connectivity index (χ1v) is 0. The molecule has 0 aliphatic rings. The maximum atomic E-state index is 0. The molecular weight excluding hydrogens is 300 g/mol. The second kappa shape index (κ2) is 31.8. The number of hydrogen-bond donors (Lipinski definition) is 0. The van der Waals surface area contributed by atoms with Gasteiger partial charge in [0.1, 0.15) is 0 Å². The van der Waals surface area contributed by atoms with Crippen LogP contribution < -0.4 is 0 Å². The van der Waals surface area contributed by atoms with Crippen LogP contribution in [0, 0.1) is 0 Å². The van der Waals surface area contributed by atoms with Gasteiger partial charge in [0.05, 0.1) is 0 Å². The van der Waals surface area contributed by atoms with Gasteiger partial charge in [-0.1, -0.05) is 0 Å². The summed E-state index contributed by atoms with van der Waals surface area (Å²) in [5, 5.41) is 0. The molecule has 0 aliphatic carbocycles. The average molecular weight is 310 g/mol. The van der Waals surface area contributed by atoms with Gasteiger partial charge in [0, 0.05) is 33.6 Å². The van der Waals surface area contributed by atoms with Gasteiger partial charge >= 0.3 is 23.9 Å². The summed E-state index contributed by atoms with van der Waals surface area (Å²) < 4.78 is 0. The molecule has 0 rings (SSSR count). The monoisotopic (exact) mass is 310 g/mol. The van der Waals surface area contributed by atoms with Crippen LogP contribution in [0.3, 0.4) is 0 Å². The van der Waals surface area contributed by atoms with E-state index in [1.165, 1.54) is 0 Å². The first-order valence-electron chi connectivity index (χ1n) is 0. The van der Waals surface area contributed by atoms with E-state index >= 15 is 0 Å². The topological polar surface area (TPSA) is 0 Å². The van der Waals surface area contributed by atoms with Gasteiger partial charge in [0.25, 0.3) is 0 Å². The van der Waals surface area contributed by atoms with Crippen molar-refractivity contribution in [3.05, 3.63) is 0 Å². The fourth-order valence-corrected chi connectivity index (χ4v) is 0. The molecule has 0 amide bonds. The molecule has 0 heterocycles. The zero-order chi connectivity index (χ0) is 0. The summed E-state index contributed by atoms with van der Waals surface area (Å²) in [5.74, 6) is 0. The molecule has 0 nitrogen and oxygen atoms in total. The van der Waals surface area contributed by atoms with E-state index in [9.17, 15) is 0 Å². The molecule has 5 heavy (non-hydrogen) atoms. The van der Waals surface area contributed by atoms with E-state index in [0.717, 1.165) is 0 Å². The fourth-order valence-electron chi connectivity index (χ4n) is 0. The van der Waals surface area contributed by atoms with Crippen LogP contribution in [0.25, 0.3) is 0 Å². The quantitative estimate of drug-likeness (QED) is 0.341. The number of hydrogen-bond acceptors (Lipinski definition) is 0. The minimum atomic E-state index is 0. The second-order valence-corrected chi connectivity index (χ2v) is 0. The van der Waals surface area contributed by atoms with Crippen molar-refractivity contribution in [2.75, 3.05) is 0 Å². The van der Waals surface area contributed by atoms with Crippen molar-refractivity contribution >= 4 is 44.8 Å². The van der Waals surface area contributed by atoms with Crippen molar-refractivity contribution in [1.29, 1.82) is 0 Å². The van der Waals surface area contributed by atoms with E-state index < -0.39 is 0 Å². The van der Waals surface area contributed by atoms with E-state index in [-0.39, 0.29) is 78.3 Å². The standard InChI is InChI=1S/Cu.Ni.H3P.H3Si.Sn.4H/h;;2*1H3;;;;;. The van der Waals surface area contributed by atoms with Gasteiger partial charge < -0.3 is 0 Å². The summed E-state index contributed by atoms with van der Waals surface area (Å²) in [6, 6.07) is 0. The van der Waals surface area contributed by atoms with Crippen LogP contribution in [0.2, 0.25) is 0 Å². The second-order valence-electron chi connectivity index (χ2n) is 0. The van der Waals surface area contributed by atoms with Gasteiger partial charge in [-0.25, -0.2) is 0 Å². The Hall–Kier alpha value is 2.46. The van der Waals surface area contributed by atoms with Gasteiger partial charge in [-0.3, -0.25) is 0 Å². The van der Waals surface area contributed by atoms with Crippen molar-refractivity contribution < 1.29 is 33.6 Å². The van der Waals surface area contributed by atoms with Gasteiger partial charge in [-0.15, -0.1) is 0 Å². The molecule has 1 atom stereocenters. The molecule has 0 aromatic rings. The van der Waals surface area contributed by atoms with Crippen molar-refractivity contribution in [1.82, 2.24) is 0 Å². The van der Waals surface area contributed by atoms with E-state index in [0.29, 0.717) is 0 Å². The molecule has 0 N–H and O–H groups in total. The Labute approximate surface area is 77.6 Å². The van der Waals surface area contributed by atoms with Crippen LogP contribution in [0.15, 0.2) is 0 Å². The zero-order valence-electron chi connectivity index (χ0n) is 2.32. The van der Waals surface area contributed by atoms with Crippen LogP contribution in [-0.4, -0.2) is 34.9 Å². The zero-order valence-corrected chi connectivity index (χ0v) is 7.67. The third-order valence-corrected chi connectivity index (χ3v) is 0. The van der Waals surface area contributed by atoms with Crippen LogP contribution >= 0.6 is 9.90 Å². The molecule has 0 aliphatic heterocycles. The minimum absolute atomic E-state index is 0. The third-order valence-electron chi connectivity index (χ3n) is 0. The number of rotatable bonds is 0. The average Bonchev–Trinajstić information content (AvgIpc) is 0. The molecule has 5 heteroatoms. The Morgan fingerprint density at radius 1 is 1.00 bits per heavy atom. The Bertz CT molecular complexity index is 11.6. The Balaban J connectivity index is 0. The molecule has 0 aromatic heterocycles. The predicted octanol–water partition coefficient (Wildman–Crippen LogP) is -2.58. The Kier molecular flexibility index (Phi) is 328. The molecule has 0 fully saturated rings. The molecular formula is H10CuNiPSiSn. The summed E-state index contributed by atoms with van der Waals surface area (Å²) in [6.07, 6.45) is 0. The first kappa shape index (κ1) is 51.5. The molecule has 0 saturated heterocycles. The Morgan fingerprint density at radius 3 is 1.00 bits per heavy atom. The molecule has 0 aromatic carbocycles. The van der Waals surface area contributed by atoms with Crippen LogP contribution in [-0.2, 0) is 33.6 Å². The van der Waals surface area contributed by atoms with E-state index in [1.807, 2.05) is 0 Å². The van der Waals surface area contributed by atoms with Gasteiger partial charge in [0.15, 0.2) is 0 Å². The van der Waals surface area contributed by atoms with Crippen LogP contribution in [0.1, 0.15) is 0 Å². The summed E-state index contributed by atoms with van der Waals surface area (Å²) in [7, 11) is 0. The summed E-state index contributed by atoms with van der Waals surface area (Å²) in [5.41, 5.74) is 0. The SMILES string of the molecule is P.[Cu].[Ni].[SiH3].[SnH4]. The fraction of sp³-hybridized carbons (Fsp3) is 0. The first-order chi connectivity index (χ1) is 0. The molecule has 0 spiro atoms. The summed E-state index contributed by atoms with van der Waals surface area (Å²) in [6.45, 7) is 0. The normalized spacial score (nSPS) is 0. The summed E-state index contributed by atoms with van der Waals surface area (Å²) >= 11 is 0. The molecule has 0 saturated carbocycles. The maximum absolute atomic E-state index is 0. The van der Waals surface area contributed by atoms with Crippen LogP contribution in [0.5, 0.6) is 0 Å².